The molecule has 0 bridgehead atoms. The van der Waals surface area contributed by atoms with Crippen molar-refractivity contribution in [2.24, 2.45) is 0 Å². The molecule has 2 aromatic heterocycles. The zero-order valence-corrected chi connectivity index (χ0v) is 13.0. The number of ether oxygens (including phenoxy) is 1. The standard InChI is InChI=1S/C15H15BrN4O/c16-14-7-3-4-11(18-14)8-9-21-10-20-13-6-2-1-5-12(13)19-15(20)17/h1-7H,8-10H2,(H2,17,19). The van der Waals surface area contributed by atoms with Crippen molar-refractivity contribution in [1.29, 1.82) is 0 Å². The molecule has 21 heavy (non-hydrogen) atoms. The van der Waals surface area contributed by atoms with Crippen LogP contribution in [0.4, 0.5) is 5.95 Å². The van der Waals surface area contributed by atoms with Gasteiger partial charge in [0.15, 0.2) is 0 Å². The number of rotatable bonds is 5. The first-order valence-corrected chi connectivity index (χ1v) is 7.43. The van der Waals surface area contributed by atoms with Crippen molar-refractivity contribution in [3.05, 3.63) is 52.8 Å². The molecular formula is C15H15BrN4O. The summed E-state index contributed by atoms with van der Waals surface area (Å²) in [5.74, 6) is 0.469. The molecule has 108 valence electrons. The second-order valence-corrected chi connectivity index (χ2v) is 5.44. The number of fused-ring (bicyclic) bond motifs is 1. The lowest BCUT2D eigenvalue weighted by atomic mass is 10.3. The molecule has 1 aromatic carbocycles. The maximum Gasteiger partial charge on any atom is 0.203 e. The SMILES string of the molecule is Nc1nc2ccccc2n1COCCc1cccc(Br)n1. The molecule has 0 aliphatic rings. The zero-order valence-electron chi connectivity index (χ0n) is 11.4. The lowest BCUT2D eigenvalue weighted by molar-refractivity contribution is 0.0829. The number of nitrogens with zero attached hydrogens (tertiary/aromatic N) is 3. The van der Waals surface area contributed by atoms with Crippen LogP contribution in [0.15, 0.2) is 47.1 Å². The fourth-order valence-electron chi connectivity index (χ4n) is 2.15. The van der Waals surface area contributed by atoms with Gasteiger partial charge in [0.1, 0.15) is 11.3 Å². The number of nitrogens with two attached hydrogens (primary N) is 1. The van der Waals surface area contributed by atoms with Gasteiger partial charge < -0.3 is 10.5 Å². The molecule has 6 heteroatoms. The van der Waals surface area contributed by atoms with Crippen LogP contribution in [-0.2, 0) is 17.9 Å². The number of nitrogen functional groups attached to an aromatic ring is 1. The zero-order chi connectivity index (χ0) is 14.7. The molecule has 0 fully saturated rings. The van der Waals surface area contributed by atoms with Crippen LogP contribution in [0.3, 0.4) is 0 Å². The third-order valence-corrected chi connectivity index (χ3v) is 3.62. The van der Waals surface area contributed by atoms with Crippen LogP contribution in [0.2, 0.25) is 0 Å². The van der Waals surface area contributed by atoms with Crippen LogP contribution < -0.4 is 5.73 Å². The Bertz CT molecular complexity index is 756. The van der Waals surface area contributed by atoms with Crippen LogP contribution in [0.1, 0.15) is 5.69 Å². The van der Waals surface area contributed by atoms with E-state index < -0.39 is 0 Å². The van der Waals surface area contributed by atoms with Gasteiger partial charge in [-0.05, 0) is 40.2 Å². The Labute approximate surface area is 130 Å². The molecule has 0 spiro atoms. The van der Waals surface area contributed by atoms with E-state index in [1.165, 1.54) is 0 Å². The van der Waals surface area contributed by atoms with E-state index in [0.717, 1.165) is 27.8 Å². The van der Waals surface area contributed by atoms with E-state index in [1.54, 1.807) is 0 Å². The third kappa shape index (κ3) is 3.22. The van der Waals surface area contributed by atoms with E-state index in [2.05, 4.69) is 25.9 Å². The van der Waals surface area contributed by atoms with Gasteiger partial charge >= 0.3 is 0 Å². The summed E-state index contributed by atoms with van der Waals surface area (Å²) in [7, 11) is 0. The summed E-state index contributed by atoms with van der Waals surface area (Å²) in [5.41, 5.74) is 8.78. The monoisotopic (exact) mass is 346 g/mol. The van der Waals surface area contributed by atoms with Gasteiger partial charge in [-0.2, -0.15) is 0 Å². The van der Waals surface area contributed by atoms with Gasteiger partial charge in [-0.3, -0.25) is 4.57 Å². The lowest BCUT2D eigenvalue weighted by Gasteiger charge is -2.08. The summed E-state index contributed by atoms with van der Waals surface area (Å²) in [5, 5.41) is 0. The summed E-state index contributed by atoms with van der Waals surface area (Å²) < 4.78 is 8.40. The Balaban J connectivity index is 1.61. The molecule has 0 radical (unpaired) electrons. The molecule has 2 N–H and O–H groups in total. The number of halogens is 1. The van der Waals surface area contributed by atoms with E-state index in [9.17, 15) is 0 Å². The fourth-order valence-corrected chi connectivity index (χ4v) is 2.53. The molecule has 0 saturated carbocycles. The Kier molecular flexibility index (Phi) is 4.17. The van der Waals surface area contributed by atoms with E-state index in [4.69, 9.17) is 10.5 Å². The minimum atomic E-state index is 0.389. The third-order valence-electron chi connectivity index (χ3n) is 3.18. The van der Waals surface area contributed by atoms with Crippen molar-refractivity contribution in [3.63, 3.8) is 0 Å². The second kappa shape index (κ2) is 6.24. The largest absolute Gasteiger partial charge is 0.369 e. The molecule has 0 atom stereocenters. The summed E-state index contributed by atoms with van der Waals surface area (Å²) in [4.78, 5) is 8.67. The van der Waals surface area contributed by atoms with E-state index in [0.29, 0.717) is 19.3 Å². The Morgan fingerprint density at radius 1 is 1.10 bits per heavy atom. The highest BCUT2D eigenvalue weighted by molar-refractivity contribution is 9.10. The predicted octanol–water partition coefficient (Wildman–Crippen LogP) is 2.99. The molecule has 0 aliphatic carbocycles. The van der Waals surface area contributed by atoms with Crippen molar-refractivity contribution in [2.75, 3.05) is 12.3 Å². The van der Waals surface area contributed by atoms with Gasteiger partial charge in [-0.25, -0.2) is 9.97 Å². The summed E-state index contributed by atoms with van der Waals surface area (Å²) in [6.07, 6.45) is 0.756. The van der Waals surface area contributed by atoms with Gasteiger partial charge in [0.25, 0.3) is 0 Å². The molecule has 3 rings (SSSR count). The van der Waals surface area contributed by atoms with Crippen LogP contribution >= 0.6 is 15.9 Å². The first kappa shape index (κ1) is 14.0. The Hall–Kier alpha value is -1.92. The van der Waals surface area contributed by atoms with E-state index in [-0.39, 0.29) is 0 Å². The highest BCUT2D eigenvalue weighted by Gasteiger charge is 2.06. The number of benzene rings is 1. The second-order valence-electron chi connectivity index (χ2n) is 4.63. The molecule has 0 saturated heterocycles. The molecule has 0 unspecified atom stereocenters. The van der Waals surface area contributed by atoms with Gasteiger partial charge in [0.2, 0.25) is 5.95 Å². The number of imidazole rings is 1. The van der Waals surface area contributed by atoms with Gasteiger partial charge in [-0.1, -0.05) is 18.2 Å². The first-order valence-electron chi connectivity index (χ1n) is 6.64. The molecule has 2 heterocycles. The minimum Gasteiger partial charge on any atom is -0.369 e. The summed E-state index contributed by atoms with van der Waals surface area (Å²) in [6.45, 7) is 0.968. The average molecular weight is 347 g/mol. The molecule has 5 nitrogen and oxygen atoms in total. The molecule has 0 amide bonds. The predicted molar refractivity (Wildman–Crippen MR) is 85.7 cm³/mol. The number of aromatic nitrogens is 3. The normalized spacial score (nSPS) is 11.1. The maximum atomic E-state index is 5.92. The fraction of sp³-hybridized carbons (Fsp3) is 0.200. The van der Waals surface area contributed by atoms with Crippen molar-refractivity contribution in [2.45, 2.75) is 13.2 Å². The smallest absolute Gasteiger partial charge is 0.203 e. The number of anilines is 1. The average Bonchev–Trinajstić information content (AvgIpc) is 2.79. The van der Waals surface area contributed by atoms with E-state index in [1.807, 2.05) is 47.0 Å². The Morgan fingerprint density at radius 2 is 1.95 bits per heavy atom. The van der Waals surface area contributed by atoms with Crippen molar-refractivity contribution >= 4 is 32.9 Å². The summed E-state index contributed by atoms with van der Waals surface area (Å²) >= 11 is 3.36. The quantitative estimate of drug-likeness (QED) is 0.569. The molecule has 0 aliphatic heterocycles. The van der Waals surface area contributed by atoms with Crippen LogP contribution in [0.25, 0.3) is 11.0 Å². The van der Waals surface area contributed by atoms with Crippen molar-refractivity contribution < 1.29 is 4.74 Å². The number of hydrogen-bond donors (Lipinski definition) is 1. The number of hydrogen-bond acceptors (Lipinski definition) is 4. The van der Waals surface area contributed by atoms with Crippen molar-refractivity contribution in [3.8, 4) is 0 Å². The summed E-state index contributed by atoms with van der Waals surface area (Å²) in [6, 6.07) is 13.7. The first-order chi connectivity index (χ1) is 10.2. The highest BCUT2D eigenvalue weighted by atomic mass is 79.9. The maximum absolute atomic E-state index is 5.92. The van der Waals surface area contributed by atoms with Crippen molar-refractivity contribution in [1.82, 2.24) is 14.5 Å². The van der Waals surface area contributed by atoms with Crippen LogP contribution in [0, 0.1) is 0 Å². The lowest BCUT2D eigenvalue weighted by Crippen LogP contribution is -2.08. The van der Waals surface area contributed by atoms with E-state index >= 15 is 0 Å². The number of pyridine rings is 1. The minimum absolute atomic E-state index is 0.389. The van der Waals surface area contributed by atoms with Crippen LogP contribution in [0.5, 0.6) is 0 Å². The molecular weight excluding hydrogens is 332 g/mol. The Morgan fingerprint density at radius 3 is 2.81 bits per heavy atom. The molecule has 3 aromatic rings. The number of para-hydroxylation sites is 2. The van der Waals surface area contributed by atoms with Crippen LogP contribution in [-0.4, -0.2) is 21.1 Å². The van der Waals surface area contributed by atoms with Gasteiger partial charge in [-0.15, -0.1) is 0 Å². The van der Waals surface area contributed by atoms with Gasteiger partial charge in [0, 0.05) is 12.1 Å². The topological polar surface area (TPSA) is 66.0 Å². The highest BCUT2D eigenvalue weighted by Crippen LogP contribution is 2.17. The van der Waals surface area contributed by atoms with Gasteiger partial charge in [0.05, 0.1) is 17.6 Å².